The molecule has 1 atom stereocenters. The third kappa shape index (κ3) is 6.82. The van der Waals surface area contributed by atoms with Crippen LogP contribution < -0.4 is 11.1 Å². The minimum absolute atomic E-state index is 0.185. The van der Waals surface area contributed by atoms with Gasteiger partial charge in [0.15, 0.2) is 0 Å². The molecule has 1 saturated carbocycles. The predicted molar refractivity (Wildman–Crippen MR) is 90.0 cm³/mol. The molecule has 0 heterocycles. The van der Waals surface area contributed by atoms with Gasteiger partial charge in [-0.05, 0) is 54.9 Å². The molecule has 0 aromatic carbocycles. The summed E-state index contributed by atoms with van der Waals surface area (Å²) in [6.45, 7) is 14.2. The molecule has 0 unspecified atom stereocenters. The van der Waals surface area contributed by atoms with E-state index in [4.69, 9.17) is 5.73 Å². The van der Waals surface area contributed by atoms with Gasteiger partial charge >= 0.3 is 0 Å². The molecule has 0 radical (unpaired) electrons. The number of hydrogen-bond acceptors (Lipinski definition) is 2. The van der Waals surface area contributed by atoms with Crippen LogP contribution in [0.25, 0.3) is 0 Å². The molecule has 0 aromatic heterocycles. The molecule has 1 fully saturated rings. The van der Waals surface area contributed by atoms with Crippen molar-refractivity contribution in [1.29, 1.82) is 0 Å². The van der Waals surface area contributed by atoms with E-state index in [1.807, 2.05) is 0 Å². The summed E-state index contributed by atoms with van der Waals surface area (Å²) in [5.41, 5.74) is 6.43. The van der Waals surface area contributed by atoms with Crippen molar-refractivity contribution < 1.29 is 4.79 Å². The van der Waals surface area contributed by atoms with Crippen LogP contribution in [0.3, 0.4) is 0 Å². The molecule has 0 bridgehead atoms. The zero-order valence-corrected chi connectivity index (χ0v) is 15.0. The van der Waals surface area contributed by atoms with Crippen molar-refractivity contribution in [2.45, 2.75) is 79.7 Å². The topological polar surface area (TPSA) is 55.1 Å². The average molecular weight is 296 g/mol. The zero-order chi connectivity index (χ0) is 16.3. The summed E-state index contributed by atoms with van der Waals surface area (Å²) in [5, 5.41) is 3.27. The van der Waals surface area contributed by atoms with Crippen molar-refractivity contribution >= 4 is 5.91 Å². The van der Waals surface area contributed by atoms with Gasteiger partial charge in [-0.3, -0.25) is 4.79 Å². The Labute approximate surface area is 131 Å². The third-order valence-corrected chi connectivity index (χ3v) is 4.53. The molecule has 21 heavy (non-hydrogen) atoms. The summed E-state index contributed by atoms with van der Waals surface area (Å²) in [6, 6.07) is 0.314. The molecular formula is C18H36N2O. The first-order valence-electron chi connectivity index (χ1n) is 8.52. The quantitative estimate of drug-likeness (QED) is 0.785. The molecule has 124 valence electrons. The summed E-state index contributed by atoms with van der Waals surface area (Å²) < 4.78 is 0. The van der Waals surface area contributed by atoms with Crippen molar-refractivity contribution in [2.24, 2.45) is 28.4 Å². The van der Waals surface area contributed by atoms with E-state index in [0.717, 1.165) is 19.3 Å². The number of carbonyl (C=O) groups is 1. The monoisotopic (exact) mass is 296 g/mol. The second-order valence-electron chi connectivity index (χ2n) is 9.11. The van der Waals surface area contributed by atoms with E-state index >= 15 is 0 Å². The number of hydrogen-bond donors (Lipinski definition) is 2. The van der Waals surface area contributed by atoms with Crippen LogP contribution in [-0.2, 0) is 4.79 Å². The molecule has 0 saturated heterocycles. The van der Waals surface area contributed by atoms with Crippen LogP contribution in [0.2, 0.25) is 0 Å². The molecule has 3 nitrogen and oxygen atoms in total. The summed E-state index contributed by atoms with van der Waals surface area (Å²) in [4.78, 5) is 12.3. The Balaban J connectivity index is 2.53. The summed E-state index contributed by atoms with van der Waals surface area (Å²) in [5.74, 6) is 1.10. The zero-order valence-electron chi connectivity index (χ0n) is 15.0. The molecular weight excluding hydrogens is 260 g/mol. The van der Waals surface area contributed by atoms with Gasteiger partial charge in [0.1, 0.15) is 0 Å². The van der Waals surface area contributed by atoms with Crippen molar-refractivity contribution in [2.75, 3.05) is 6.54 Å². The minimum atomic E-state index is 0.185. The molecule has 1 rings (SSSR count). The van der Waals surface area contributed by atoms with Crippen LogP contribution in [0.1, 0.15) is 73.6 Å². The first-order chi connectivity index (χ1) is 9.53. The summed E-state index contributed by atoms with van der Waals surface area (Å²) in [6.07, 6.45) is 5.00. The second kappa shape index (κ2) is 7.13. The first-order valence-corrected chi connectivity index (χ1v) is 8.52. The van der Waals surface area contributed by atoms with Crippen molar-refractivity contribution in [3.05, 3.63) is 0 Å². The van der Waals surface area contributed by atoms with Gasteiger partial charge in [-0.25, -0.2) is 0 Å². The highest BCUT2D eigenvalue weighted by molar-refractivity contribution is 5.76. The van der Waals surface area contributed by atoms with E-state index in [-0.39, 0.29) is 5.91 Å². The molecule has 0 aliphatic heterocycles. The van der Waals surface area contributed by atoms with Gasteiger partial charge in [0.05, 0.1) is 0 Å². The Bertz CT molecular complexity index is 331. The number of nitrogens with two attached hydrogens (primary N) is 1. The lowest BCUT2D eigenvalue weighted by atomic mass is 9.63. The van der Waals surface area contributed by atoms with E-state index in [9.17, 15) is 4.79 Å². The Hall–Kier alpha value is -0.570. The number of amides is 1. The number of nitrogens with one attached hydrogen (secondary N) is 1. The van der Waals surface area contributed by atoms with Crippen LogP contribution in [0.15, 0.2) is 0 Å². The fraction of sp³-hybridized carbons (Fsp3) is 0.944. The normalized spacial score (nSPS) is 23.0. The van der Waals surface area contributed by atoms with Gasteiger partial charge in [0, 0.05) is 12.5 Å². The summed E-state index contributed by atoms with van der Waals surface area (Å²) in [7, 11) is 0. The smallest absolute Gasteiger partial charge is 0.220 e. The van der Waals surface area contributed by atoms with Crippen LogP contribution >= 0.6 is 0 Å². The average Bonchev–Trinajstić information content (AvgIpc) is 2.22. The lowest BCUT2D eigenvalue weighted by molar-refractivity contribution is -0.123. The largest absolute Gasteiger partial charge is 0.353 e. The van der Waals surface area contributed by atoms with Crippen molar-refractivity contribution in [3.63, 3.8) is 0 Å². The van der Waals surface area contributed by atoms with E-state index in [1.165, 1.54) is 6.42 Å². The van der Waals surface area contributed by atoms with Crippen molar-refractivity contribution in [1.82, 2.24) is 5.32 Å². The van der Waals surface area contributed by atoms with Gasteiger partial charge in [0.2, 0.25) is 5.91 Å². The van der Waals surface area contributed by atoms with E-state index in [1.54, 1.807) is 0 Å². The van der Waals surface area contributed by atoms with Gasteiger partial charge in [0.25, 0.3) is 0 Å². The Morgan fingerprint density at radius 3 is 2.14 bits per heavy atom. The Kier molecular flexibility index (Phi) is 6.27. The maximum Gasteiger partial charge on any atom is 0.220 e. The van der Waals surface area contributed by atoms with Crippen LogP contribution in [0, 0.1) is 22.7 Å². The fourth-order valence-electron chi connectivity index (χ4n) is 4.43. The van der Waals surface area contributed by atoms with Crippen molar-refractivity contribution in [3.8, 4) is 0 Å². The maximum absolute atomic E-state index is 12.3. The maximum atomic E-state index is 12.3. The van der Waals surface area contributed by atoms with Crippen LogP contribution in [-0.4, -0.2) is 18.5 Å². The summed E-state index contributed by atoms with van der Waals surface area (Å²) >= 11 is 0. The number of rotatable bonds is 6. The van der Waals surface area contributed by atoms with Crippen LogP contribution in [0.5, 0.6) is 0 Å². The fourth-order valence-corrected chi connectivity index (χ4v) is 4.43. The highest BCUT2D eigenvalue weighted by Crippen LogP contribution is 2.45. The van der Waals surface area contributed by atoms with E-state index < -0.39 is 0 Å². The molecule has 3 heteroatoms. The van der Waals surface area contributed by atoms with Gasteiger partial charge < -0.3 is 11.1 Å². The minimum Gasteiger partial charge on any atom is -0.353 e. The molecule has 1 amide bonds. The highest BCUT2D eigenvalue weighted by Gasteiger charge is 2.38. The van der Waals surface area contributed by atoms with Gasteiger partial charge in [-0.1, -0.05) is 41.5 Å². The predicted octanol–water partition coefficient (Wildman–Crippen LogP) is 3.72. The molecule has 1 aliphatic carbocycles. The van der Waals surface area contributed by atoms with E-state index in [0.29, 0.717) is 41.7 Å². The number of carbonyl (C=O) groups excluding carboxylic acids is 1. The van der Waals surface area contributed by atoms with Gasteiger partial charge in [-0.15, -0.1) is 0 Å². The van der Waals surface area contributed by atoms with Gasteiger partial charge in [-0.2, -0.15) is 0 Å². The lowest BCUT2D eigenvalue weighted by Crippen LogP contribution is -2.46. The molecule has 0 spiro atoms. The second-order valence-corrected chi connectivity index (χ2v) is 9.11. The third-order valence-electron chi connectivity index (χ3n) is 4.53. The Morgan fingerprint density at radius 2 is 1.71 bits per heavy atom. The molecule has 3 N–H and O–H groups in total. The van der Waals surface area contributed by atoms with E-state index in [2.05, 4.69) is 46.9 Å². The molecule has 1 aliphatic rings. The Morgan fingerprint density at radius 1 is 1.19 bits per heavy atom. The highest BCUT2D eigenvalue weighted by atomic mass is 16.1. The molecule has 0 aromatic rings. The standard InChI is InChI=1S/C18H36N2O/c1-13(2)7-14(11-19)8-16(21)20-15-9-17(3,4)12-18(5,6)10-15/h13-15H,7-12,19H2,1-6H3,(H,20,21)/t14-/m0/s1. The first kappa shape index (κ1) is 18.5. The van der Waals surface area contributed by atoms with Crippen LogP contribution in [0.4, 0.5) is 0 Å². The lowest BCUT2D eigenvalue weighted by Gasteiger charge is -2.45. The SMILES string of the molecule is CC(C)C[C@H](CN)CC(=O)NC1CC(C)(C)CC(C)(C)C1.